The second-order valence-electron chi connectivity index (χ2n) is 5.50. The predicted molar refractivity (Wildman–Crippen MR) is 104 cm³/mol. The van der Waals surface area contributed by atoms with Crippen LogP contribution >= 0.6 is 46.1 Å². The third-order valence-corrected chi connectivity index (χ3v) is 5.76. The lowest BCUT2D eigenvalue weighted by atomic mass is 10.2. The highest BCUT2D eigenvalue weighted by atomic mass is 35.5. The maximum Gasteiger partial charge on any atom is 0.263 e. The van der Waals surface area contributed by atoms with Crippen LogP contribution in [0.15, 0.2) is 34.9 Å². The SMILES string of the molecule is CC(NC(=O)c1sc2cc(Cl)cc(Cl)c2c1Cl)C(=O)NCc1ccco1. The number of amides is 2. The van der Waals surface area contributed by atoms with Gasteiger partial charge in [0, 0.05) is 15.1 Å². The van der Waals surface area contributed by atoms with Gasteiger partial charge in [0.2, 0.25) is 5.91 Å². The van der Waals surface area contributed by atoms with Gasteiger partial charge in [0.05, 0.1) is 22.9 Å². The summed E-state index contributed by atoms with van der Waals surface area (Å²) in [6.07, 6.45) is 1.52. The molecule has 0 aliphatic rings. The Morgan fingerprint density at radius 3 is 2.73 bits per heavy atom. The number of hydrogen-bond donors (Lipinski definition) is 2. The van der Waals surface area contributed by atoms with Gasteiger partial charge in [0.15, 0.2) is 0 Å². The molecule has 3 aromatic rings. The van der Waals surface area contributed by atoms with E-state index in [2.05, 4.69) is 10.6 Å². The van der Waals surface area contributed by atoms with Gasteiger partial charge in [-0.1, -0.05) is 34.8 Å². The summed E-state index contributed by atoms with van der Waals surface area (Å²) >= 11 is 19.6. The van der Waals surface area contributed by atoms with Crippen LogP contribution in [-0.2, 0) is 11.3 Å². The predicted octanol–water partition coefficient (Wildman–Crippen LogP) is 4.89. The van der Waals surface area contributed by atoms with E-state index in [1.807, 2.05) is 0 Å². The Bertz CT molecular complexity index is 969. The van der Waals surface area contributed by atoms with Crippen LogP contribution in [0.4, 0.5) is 0 Å². The Balaban J connectivity index is 1.71. The molecule has 0 aliphatic heterocycles. The van der Waals surface area contributed by atoms with E-state index in [9.17, 15) is 9.59 Å². The highest BCUT2D eigenvalue weighted by molar-refractivity contribution is 7.21. The van der Waals surface area contributed by atoms with E-state index >= 15 is 0 Å². The number of halogens is 3. The van der Waals surface area contributed by atoms with E-state index in [1.165, 1.54) is 17.6 Å². The number of benzene rings is 1. The van der Waals surface area contributed by atoms with Crippen LogP contribution in [0.3, 0.4) is 0 Å². The molecule has 0 saturated heterocycles. The number of furan rings is 1. The third-order valence-electron chi connectivity index (χ3n) is 3.61. The van der Waals surface area contributed by atoms with Crippen molar-refractivity contribution < 1.29 is 14.0 Å². The van der Waals surface area contributed by atoms with Crippen LogP contribution in [0.5, 0.6) is 0 Å². The molecule has 0 spiro atoms. The zero-order valence-electron chi connectivity index (χ0n) is 13.4. The van der Waals surface area contributed by atoms with Crippen molar-refractivity contribution in [3.8, 4) is 0 Å². The molecule has 1 aromatic carbocycles. The summed E-state index contributed by atoms with van der Waals surface area (Å²) in [5.41, 5.74) is 0. The second-order valence-corrected chi connectivity index (χ2v) is 7.77. The molecule has 2 amide bonds. The van der Waals surface area contributed by atoms with E-state index in [1.54, 1.807) is 31.2 Å². The second kappa shape index (κ2) is 7.88. The molecular weight excluding hydrogens is 419 g/mol. The Labute approximate surface area is 168 Å². The van der Waals surface area contributed by atoms with Crippen LogP contribution in [-0.4, -0.2) is 17.9 Å². The minimum atomic E-state index is -0.752. The normalized spacial score (nSPS) is 12.2. The number of rotatable bonds is 5. The topological polar surface area (TPSA) is 71.3 Å². The molecule has 0 bridgehead atoms. The van der Waals surface area contributed by atoms with Crippen molar-refractivity contribution in [2.24, 2.45) is 0 Å². The molecule has 5 nitrogen and oxygen atoms in total. The summed E-state index contributed by atoms with van der Waals surface area (Å²) in [4.78, 5) is 24.9. The maximum absolute atomic E-state index is 12.5. The Hall–Kier alpha value is -1.73. The molecule has 2 heterocycles. The van der Waals surface area contributed by atoms with E-state index in [0.29, 0.717) is 25.9 Å². The zero-order chi connectivity index (χ0) is 18.8. The Morgan fingerprint density at radius 1 is 1.27 bits per heavy atom. The van der Waals surface area contributed by atoms with Crippen molar-refractivity contribution in [1.82, 2.24) is 10.6 Å². The van der Waals surface area contributed by atoms with Gasteiger partial charge in [-0.3, -0.25) is 9.59 Å². The minimum Gasteiger partial charge on any atom is -0.467 e. The molecule has 2 N–H and O–H groups in total. The standard InChI is InChI=1S/C17H13Cl3N2O3S/c1-8(16(23)21-7-10-3-2-4-25-10)22-17(24)15-14(20)13-11(19)5-9(18)6-12(13)26-15/h2-6,8H,7H2,1H3,(H,21,23)(H,22,24). The lowest BCUT2D eigenvalue weighted by molar-refractivity contribution is -0.122. The monoisotopic (exact) mass is 430 g/mol. The lowest BCUT2D eigenvalue weighted by Gasteiger charge is -2.13. The summed E-state index contributed by atoms with van der Waals surface area (Å²) in [6, 6.07) is 5.98. The smallest absolute Gasteiger partial charge is 0.263 e. The van der Waals surface area contributed by atoms with Gasteiger partial charge >= 0.3 is 0 Å². The molecule has 136 valence electrons. The average molecular weight is 432 g/mol. The molecule has 0 fully saturated rings. The Kier molecular flexibility index (Phi) is 5.77. The average Bonchev–Trinajstić information content (AvgIpc) is 3.20. The fourth-order valence-corrected chi connectivity index (χ4v) is 4.61. The van der Waals surface area contributed by atoms with Crippen LogP contribution in [0.2, 0.25) is 15.1 Å². The fourth-order valence-electron chi connectivity index (χ4n) is 2.33. The third kappa shape index (κ3) is 3.99. The first-order chi connectivity index (χ1) is 12.4. The van der Waals surface area contributed by atoms with Crippen LogP contribution in [0, 0.1) is 0 Å². The largest absolute Gasteiger partial charge is 0.467 e. The van der Waals surface area contributed by atoms with E-state index in [4.69, 9.17) is 39.2 Å². The molecule has 0 saturated carbocycles. The van der Waals surface area contributed by atoms with Gasteiger partial charge in [0.1, 0.15) is 16.7 Å². The first-order valence-corrected chi connectivity index (χ1v) is 9.50. The highest BCUT2D eigenvalue weighted by Crippen LogP contribution is 2.41. The number of thiophene rings is 1. The highest BCUT2D eigenvalue weighted by Gasteiger charge is 2.23. The molecule has 1 unspecified atom stereocenters. The fraction of sp³-hybridized carbons (Fsp3) is 0.176. The van der Waals surface area contributed by atoms with Crippen LogP contribution in [0.25, 0.3) is 10.1 Å². The van der Waals surface area contributed by atoms with E-state index in [0.717, 1.165) is 0 Å². The number of hydrogen-bond acceptors (Lipinski definition) is 4. The number of carbonyl (C=O) groups is 2. The first-order valence-electron chi connectivity index (χ1n) is 7.55. The van der Waals surface area contributed by atoms with Gasteiger partial charge in [0.25, 0.3) is 5.91 Å². The molecule has 26 heavy (non-hydrogen) atoms. The zero-order valence-corrected chi connectivity index (χ0v) is 16.5. The van der Waals surface area contributed by atoms with Crippen molar-refractivity contribution in [3.63, 3.8) is 0 Å². The van der Waals surface area contributed by atoms with Crippen molar-refractivity contribution in [1.29, 1.82) is 0 Å². The number of nitrogens with one attached hydrogen (secondary N) is 2. The quantitative estimate of drug-likeness (QED) is 0.604. The maximum atomic E-state index is 12.5. The van der Waals surface area contributed by atoms with Crippen molar-refractivity contribution >= 4 is 68.0 Å². The van der Waals surface area contributed by atoms with Gasteiger partial charge < -0.3 is 15.1 Å². The summed E-state index contributed by atoms with van der Waals surface area (Å²) in [6.45, 7) is 1.82. The van der Waals surface area contributed by atoms with Crippen molar-refractivity contribution in [2.75, 3.05) is 0 Å². The Morgan fingerprint density at radius 2 is 2.04 bits per heavy atom. The van der Waals surface area contributed by atoms with Crippen LogP contribution in [0.1, 0.15) is 22.4 Å². The molecule has 0 radical (unpaired) electrons. The molecular formula is C17H13Cl3N2O3S. The molecule has 1 atom stereocenters. The molecule has 2 aromatic heterocycles. The number of fused-ring (bicyclic) bond motifs is 1. The van der Waals surface area contributed by atoms with E-state index < -0.39 is 11.9 Å². The summed E-state index contributed by atoms with van der Waals surface area (Å²) in [5.74, 6) is -0.173. The lowest BCUT2D eigenvalue weighted by Crippen LogP contribution is -2.44. The molecule has 0 aliphatic carbocycles. The van der Waals surface area contributed by atoms with Gasteiger partial charge in [-0.25, -0.2) is 0 Å². The first kappa shape index (κ1) is 19.0. The van der Waals surface area contributed by atoms with Crippen molar-refractivity contribution in [3.05, 3.63) is 56.2 Å². The van der Waals surface area contributed by atoms with Gasteiger partial charge in [-0.2, -0.15) is 0 Å². The molecule has 9 heteroatoms. The minimum absolute atomic E-state index is 0.240. The summed E-state index contributed by atoms with van der Waals surface area (Å²) < 4.78 is 5.84. The summed E-state index contributed by atoms with van der Waals surface area (Å²) in [7, 11) is 0. The molecule has 3 rings (SSSR count). The van der Waals surface area contributed by atoms with Gasteiger partial charge in [-0.15, -0.1) is 11.3 Å². The van der Waals surface area contributed by atoms with E-state index in [-0.39, 0.29) is 22.4 Å². The van der Waals surface area contributed by atoms with Crippen LogP contribution < -0.4 is 10.6 Å². The van der Waals surface area contributed by atoms with Crippen molar-refractivity contribution in [2.45, 2.75) is 19.5 Å². The number of carbonyl (C=O) groups excluding carboxylic acids is 2. The summed E-state index contributed by atoms with van der Waals surface area (Å²) in [5, 5.41) is 6.96. The van der Waals surface area contributed by atoms with Gasteiger partial charge in [-0.05, 0) is 31.2 Å².